The van der Waals surface area contributed by atoms with E-state index in [-0.39, 0.29) is 12.6 Å². The van der Waals surface area contributed by atoms with E-state index in [4.69, 9.17) is 27.8 Å². The van der Waals surface area contributed by atoms with Crippen molar-refractivity contribution in [2.24, 2.45) is 0 Å². The van der Waals surface area contributed by atoms with Gasteiger partial charge in [-0.2, -0.15) is 0 Å². The highest BCUT2D eigenvalue weighted by molar-refractivity contribution is 6.72. The Balaban J connectivity index is 1.11. The van der Waals surface area contributed by atoms with Crippen LogP contribution < -0.4 is 18.3 Å². The molecule has 4 aliphatic rings. The van der Waals surface area contributed by atoms with Gasteiger partial charge in [-0.1, -0.05) is 172 Å². The smallest absolute Gasteiger partial charge is 0.466 e. The van der Waals surface area contributed by atoms with Gasteiger partial charge in [0.05, 0.1) is 13.2 Å². The summed E-state index contributed by atoms with van der Waals surface area (Å²) >= 11 is 0. The average Bonchev–Trinajstić information content (AvgIpc) is 3.38. The minimum Gasteiger partial charge on any atom is -0.511 e. The standard InChI is InChI=1S/C58H64O6Si/c1-5-23-43(24-6-1)47-33-21-35-51(57(47)61-55-39-17-19-41-59-55)49-31-13-15-37-53(49)63-65(45-27-9-3-10-28-45,46-29-11-4-12-30-46)64-54-38-16-14-32-50(54)52-36-22-34-48(44-25-7-2-8-26-44)58(52)62-56-40-18-20-42-60-56/h1-2,5-8,13-16,21-26,31-38,45-46,55-56H,3-4,9-12,17-20,27-30,39-42H2. The number of para-hydroxylation sites is 4. The van der Waals surface area contributed by atoms with Gasteiger partial charge < -0.3 is 27.8 Å². The molecule has 2 saturated carbocycles. The minimum absolute atomic E-state index is 0.308. The molecule has 6 nitrogen and oxygen atoms in total. The van der Waals surface area contributed by atoms with Gasteiger partial charge in [-0.25, -0.2) is 0 Å². The molecule has 0 bridgehead atoms. The van der Waals surface area contributed by atoms with Gasteiger partial charge >= 0.3 is 8.56 Å². The SMILES string of the molecule is c1ccc(-c2cccc(-c3ccccc3O[Si](Oc3ccccc3-c3cccc(-c4ccccc4)c3OC3CCCCO3)(C3CCCCC3)C3CCCCC3)c2OC2CCCCO2)cc1. The van der Waals surface area contributed by atoms with Gasteiger partial charge in [0.2, 0.25) is 0 Å². The second-order valence-corrected chi connectivity index (χ2v) is 22.0. The molecule has 6 aromatic rings. The van der Waals surface area contributed by atoms with Crippen LogP contribution in [0.1, 0.15) is 103 Å². The van der Waals surface area contributed by atoms with Crippen molar-refractivity contribution in [3.8, 4) is 67.5 Å². The van der Waals surface area contributed by atoms with E-state index in [0.29, 0.717) is 24.3 Å². The third kappa shape index (κ3) is 9.79. The van der Waals surface area contributed by atoms with Crippen molar-refractivity contribution in [3.05, 3.63) is 146 Å². The van der Waals surface area contributed by atoms with Crippen molar-refractivity contribution in [1.29, 1.82) is 0 Å². The number of hydrogen-bond donors (Lipinski definition) is 0. The van der Waals surface area contributed by atoms with E-state index in [2.05, 4.69) is 146 Å². The summed E-state index contributed by atoms with van der Waals surface area (Å²) in [5.74, 6) is 3.42. The Morgan fingerprint density at radius 1 is 0.338 bits per heavy atom. The molecule has 2 aliphatic carbocycles. The van der Waals surface area contributed by atoms with Crippen LogP contribution in [0.2, 0.25) is 11.1 Å². The first-order valence-corrected chi connectivity index (χ1v) is 26.7. The van der Waals surface area contributed by atoms with Crippen LogP contribution >= 0.6 is 0 Å². The molecule has 6 aromatic carbocycles. The Kier molecular flexibility index (Phi) is 14.0. The first-order valence-electron chi connectivity index (χ1n) is 24.7. The maximum absolute atomic E-state index is 8.08. The maximum Gasteiger partial charge on any atom is 0.466 e. The normalized spacial score (nSPS) is 19.9. The highest BCUT2D eigenvalue weighted by Crippen LogP contribution is 2.53. The summed E-state index contributed by atoms with van der Waals surface area (Å²) in [4.78, 5) is 0. The van der Waals surface area contributed by atoms with Gasteiger partial charge in [0.15, 0.2) is 12.6 Å². The summed E-state index contributed by atoms with van der Waals surface area (Å²) < 4.78 is 42.6. The molecule has 2 saturated heterocycles. The van der Waals surface area contributed by atoms with Crippen LogP contribution in [-0.4, -0.2) is 34.4 Å². The average molecular weight is 885 g/mol. The fourth-order valence-electron chi connectivity index (χ4n) is 10.9. The van der Waals surface area contributed by atoms with E-state index in [1.165, 1.54) is 38.5 Å². The van der Waals surface area contributed by atoms with Crippen LogP contribution in [-0.2, 0) is 9.47 Å². The number of hydrogen-bond acceptors (Lipinski definition) is 6. The van der Waals surface area contributed by atoms with Gasteiger partial charge in [-0.3, -0.25) is 0 Å². The Bertz CT molecular complexity index is 2280. The van der Waals surface area contributed by atoms with Gasteiger partial charge in [0.1, 0.15) is 23.0 Å². The quantitative estimate of drug-likeness (QED) is 0.102. The molecule has 7 heteroatoms. The van der Waals surface area contributed by atoms with Crippen LogP contribution in [0.3, 0.4) is 0 Å². The van der Waals surface area contributed by atoms with Crippen LogP contribution in [0, 0.1) is 0 Å². The molecule has 10 rings (SSSR count). The first kappa shape index (κ1) is 43.5. The summed E-state index contributed by atoms with van der Waals surface area (Å²) in [6.45, 7) is 1.42. The zero-order valence-corrected chi connectivity index (χ0v) is 38.8. The largest absolute Gasteiger partial charge is 0.511 e. The lowest BCUT2D eigenvalue weighted by Gasteiger charge is -2.45. The van der Waals surface area contributed by atoms with Crippen LogP contribution in [0.4, 0.5) is 0 Å². The predicted molar refractivity (Wildman–Crippen MR) is 264 cm³/mol. The summed E-state index contributed by atoms with van der Waals surface area (Å²) in [7, 11) is -3.21. The summed E-state index contributed by atoms with van der Waals surface area (Å²) in [5.41, 5.74) is 9.04. The lowest BCUT2D eigenvalue weighted by molar-refractivity contribution is -0.105. The van der Waals surface area contributed by atoms with Gasteiger partial charge in [-0.15, -0.1) is 0 Å². The third-order valence-corrected chi connectivity index (χ3v) is 18.7. The molecule has 2 aliphatic heterocycles. The predicted octanol–water partition coefficient (Wildman–Crippen LogP) is 15.7. The monoisotopic (exact) mass is 884 g/mol. The lowest BCUT2D eigenvalue weighted by atomic mass is 9.96. The van der Waals surface area contributed by atoms with Gasteiger partial charge in [0, 0.05) is 57.3 Å². The fraction of sp³-hybridized carbons (Fsp3) is 0.379. The minimum atomic E-state index is -3.21. The van der Waals surface area contributed by atoms with E-state index in [1.54, 1.807) is 0 Å². The molecule has 0 spiro atoms. The van der Waals surface area contributed by atoms with Crippen LogP contribution in [0.25, 0.3) is 44.5 Å². The van der Waals surface area contributed by atoms with Crippen molar-refractivity contribution in [2.45, 2.75) is 126 Å². The molecule has 336 valence electrons. The van der Waals surface area contributed by atoms with E-state index in [9.17, 15) is 0 Å². The molecule has 0 amide bonds. The molecule has 2 heterocycles. The molecule has 4 fully saturated rings. The van der Waals surface area contributed by atoms with E-state index >= 15 is 0 Å². The number of rotatable bonds is 14. The molecular formula is C58H64O6Si. The van der Waals surface area contributed by atoms with Gasteiger partial charge in [-0.05, 0) is 74.6 Å². The zero-order chi connectivity index (χ0) is 43.7. The summed E-state index contributed by atoms with van der Waals surface area (Å²) in [6.07, 6.45) is 17.1. The second kappa shape index (κ2) is 20.9. The van der Waals surface area contributed by atoms with E-state index in [1.807, 2.05) is 0 Å². The summed E-state index contributed by atoms with van der Waals surface area (Å²) in [6, 6.07) is 51.6. The van der Waals surface area contributed by atoms with Crippen molar-refractivity contribution >= 4 is 8.56 Å². The first-order chi connectivity index (χ1) is 32.2. The molecular weight excluding hydrogens is 821 g/mol. The third-order valence-electron chi connectivity index (χ3n) is 14.2. The van der Waals surface area contributed by atoms with Gasteiger partial charge in [0.25, 0.3) is 0 Å². The molecule has 65 heavy (non-hydrogen) atoms. The van der Waals surface area contributed by atoms with Crippen molar-refractivity contribution in [1.82, 2.24) is 0 Å². The Hall–Kier alpha value is -5.34. The van der Waals surface area contributed by atoms with Crippen LogP contribution in [0.5, 0.6) is 23.0 Å². The lowest BCUT2D eigenvalue weighted by Crippen LogP contribution is -2.57. The van der Waals surface area contributed by atoms with Crippen molar-refractivity contribution in [3.63, 3.8) is 0 Å². The highest BCUT2D eigenvalue weighted by atomic mass is 28.4. The Labute approximate surface area is 387 Å². The Morgan fingerprint density at radius 2 is 0.708 bits per heavy atom. The molecule has 2 unspecified atom stereocenters. The molecule has 0 N–H and O–H groups in total. The van der Waals surface area contributed by atoms with Crippen LogP contribution in [0.15, 0.2) is 146 Å². The highest BCUT2D eigenvalue weighted by Gasteiger charge is 2.57. The second-order valence-electron chi connectivity index (χ2n) is 18.5. The van der Waals surface area contributed by atoms with E-state index in [0.717, 1.165) is 132 Å². The molecule has 2 atom stereocenters. The Morgan fingerprint density at radius 3 is 1.12 bits per heavy atom. The molecule has 0 radical (unpaired) electrons. The van der Waals surface area contributed by atoms with Crippen molar-refractivity contribution in [2.75, 3.05) is 13.2 Å². The summed E-state index contributed by atoms with van der Waals surface area (Å²) in [5, 5.41) is 0. The maximum atomic E-state index is 8.08. The zero-order valence-electron chi connectivity index (χ0n) is 37.8. The number of ether oxygens (including phenoxy) is 4. The number of benzene rings is 6. The van der Waals surface area contributed by atoms with E-state index < -0.39 is 8.56 Å². The topological polar surface area (TPSA) is 55.4 Å². The van der Waals surface area contributed by atoms with Crippen molar-refractivity contribution < 1.29 is 27.8 Å². The fourth-order valence-corrected chi connectivity index (χ4v) is 15.8. The molecule has 0 aromatic heterocycles.